The van der Waals surface area contributed by atoms with E-state index in [0.29, 0.717) is 16.9 Å². The second-order valence-corrected chi connectivity index (χ2v) is 5.49. The first-order valence-electron chi connectivity index (χ1n) is 7.42. The third kappa shape index (κ3) is 2.88. The Kier molecular flexibility index (Phi) is 3.96. The average Bonchev–Trinajstić information content (AvgIpc) is 2.98. The first kappa shape index (κ1) is 14.4. The Morgan fingerprint density at radius 1 is 1.00 bits per heavy atom. The van der Waals surface area contributed by atoms with Gasteiger partial charge in [-0.3, -0.25) is 20.4 Å². The number of hydrogen-bond acceptors (Lipinski definition) is 3. The van der Waals surface area contributed by atoms with Crippen LogP contribution in [-0.4, -0.2) is 11.8 Å². The quantitative estimate of drug-likeness (QED) is 0.837. The zero-order chi connectivity index (χ0) is 15.5. The number of nitrogens with one attached hydrogen (secondary N) is 2. The summed E-state index contributed by atoms with van der Waals surface area (Å²) in [5.74, 6) is -0.194. The number of hydrogen-bond donors (Lipinski definition) is 2. The largest absolute Gasteiger partial charge is 0.469 e. The molecule has 0 spiro atoms. The molecular formula is C17H18N2O3. The number of carbonyl (C=O) groups excluding carboxylic acids is 2. The summed E-state index contributed by atoms with van der Waals surface area (Å²) >= 11 is 0. The first-order valence-corrected chi connectivity index (χ1v) is 7.42. The van der Waals surface area contributed by atoms with E-state index >= 15 is 0 Å². The maximum Gasteiger partial charge on any atom is 0.273 e. The summed E-state index contributed by atoms with van der Waals surface area (Å²) < 4.78 is 5.07. The number of amides is 2. The predicted molar refractivity (Wildman–Crippen MR) is 81.5 cm³/mol. The Morgan fingerprint density at radius 2 is 1.73 bits per heavy atom. The van der Waals surface area contributed by atoms with E-state index in [1.54, 1.807) is 19.1 Å². The lowest BCUT2D eigenvalue weighted by Gasteiger charge is -2.16. The molecule has 1 aliphatic rings. The third-order valence-corrected chi connectivity index (χ3v) is 4.00. The van der Waals surface area contributed by atoms with Gasteiger partial charge in [0, 0.05) is 5.56 Å². The molecular weight excluding hydrogens is 280 g/mol. The van der Waals surface area contributed by atoms with Crippen molar-refractivity contribution in [3.63, 3.8) is 0 Å². The Morgan fingerprint density at radius 3 is 2.45 bits per heavy atom. The summed E-state index contributed by atoms with van der Waals surface area (Å²) in [6, 6.07) is 7.29. The van der Waals surface area contributed by atoms with E-state index < -0.39 is 5.91 Å². The minimum Gasteiger partial charge on any atom is -0.469 e. The van der Waals surface area contributed by atoms with E-state index in [1.807, 2.05) is 12.1 Å². The number of benzene rings is 1. The van der Waals surface area contributed by atoms with Gasteiger partial charge in [-0.15, -0.1) is 0 Å². The SMILES string of the molecule is Cc1occc1C(=O)NNC(=O)c1ccc2c(c1)CCCC2. The average molecular weight is 298 g/mol. The maximum atomic E-state index is 12.1. The van der Waals surface area contributed by atoms with E-state index in [-0.39, 0.29) is 5.91 Å². The zero-order valence-corrected chi connectivity index (χ0v) is 12.4. The second kappa shape index (κ2) is 6.05. The van der Waals surface area contributed by atoms with Crippen LogP contribution in [0.3, 0.4) is 0 Å². The Labute approximate surface area is 128 Å². The van der Waals surface area contributed by atoms with E-state index in [2.05, 4.69) is 10.9 Å². The number of fused-ring (bicyclic) bond motifs is 1. The summed E-state index contributed by atoms with van der Waals surface area (Å²) in [6.45, 7) is 1.69. The van der Waals surface area contributed by atoms with Crippen molar-refractivity contribution in [3.05, 3.63) is 58.5 Å². The molecule has 2 amide bonds. The molecule has 1 aromatic carbocycles. The van der Waals surface area contributed by atoms with Crippen LogP contribution >= 0.6 is 0 Å². The molecule has 0 fully saturated rings. The maximum absolute atomic E-state index is 12.1. The van der Waals surface area contributed by atoms with Gasteiger partial charge < -0.3 is 4.42 Å². The number of hydrazine groups is 1. The van der Waals surface area contributed by atoms with Crippen LogP contribution in [0.1, 0.15) is 50.4 Å². The minimum absolute atomic E-state index is 0.317. The van der Waals surface area contributed by atoms with E-state index in [1.165, 1.54) is 23.8 Å². The van der Waals surface area contributed by atoms with Crippen LogP contribution in [0.4, 0.5) is 0 Å². The summed E-state index contributed by atoms with van der Waals surface area (Å²) in [7, 11) is 0. The standard InChI is InChI=1S/C17H18N2O3/c1-11-15(8-9-22-11)17(21)19-18-16(20)14-7-6-12-4-2-3-5-13(12)10-14/h6-10H,2-5H2,1H3,(H,18,20)(H,19,21). The highest BCUT2D eigenvalue weighted by Crippen LogP contribution is 2.22. The normalized spacial score (nSPS) is 13.3. The van der Waals surface area contributed by atoms with Gasteiger partial charge >= 0.3 is 0 Å². The van der Waals surface area contributed by atoms with Gasteiger partial charge in [-0.1, -0.05) is 6.07 Å². The highest BCUT2D eigenvalue weighted by atomic mass is 16.3. The lowest BCUT2D eigenvalue weighted by Crippen LogP contribution is -2.41. The molecule has 114 valence electrons. The third-order valence-electron chi connectivity index (χ3n) is 4.00. The molecule has 1 aromatic heterocycles. The van der Waals surface area contributed by atoms with Crippen molar-refractivity contribution in [3.8, 4) is 0 Å². The molecule has 1 heterocycles. The van der Waals surface area contributed by atoms with Crippen LogP contribution in [0.5, 0.6) is 0 Å². The number of rotatable bonds is 2. The van der Waals surface area contributed by atoms with Crippen molar-refractivity contribution in [1.29, 1.82) is 0 Å². The Hall–Kier alpha value is -2.56. The van der Waals surface area contributed by atoms with Gasteiger partial charge in [-0.25, -0.2) is 0 Å². The molecule has 0 unspecified atom stereocenters. The summed E-state index contributed by atoms with van der Waals surface area (Å²) in [5.41, 5.74) is 8.37. The van der Waals surface area contributed by atoms with Gasteiger partial charge in [0.1, 0.15) is 5.76 Å². The van der Waals surface area contributed by atoms with Crippen molar-refractivity contribution in [1.82, 2.24) is 10.9 Å². The van der Waals surface area contributed by atoms with Gasteiger partial charge in [-0.05, 0) is 61.9 Å². The van der Waals surface area contributed by atoms with Gasteiger partial charge in [0.05, 0.1) is 11.8 Å². The molecule has 0 aliphatic heterocycles. The molecule has 2 N–H and O–H groups in total. The van der Waals surface area contributed by atoms with E-state index in [4.69, 9.17) is 4.42 Å². The fourth-order valence-corrected chi connectivity index (χ4v) is 2.75. The monoisotopic (exact) mass is 298 g/mol. The molecule has 5 heteroatoms. The lowest BCUT2D eigenvalue weighted by molar-refractivity contribution is 0.0845. The number of furan rings is 1. The summed E-state index contributed by atoms with van der Waals surface area (Å²) in [5, 5.41) is 0. The fourth-order valence-electron chi connectivity index (χ4n) is 2.75. The minimum atomic E-state index is -0.391. The van der Waals surface area contributed by atoms with Crippen LogP contribution in [0.15, 0.2) is 34.9 Å². The smallest absolute Gasteiger partial charge is 0.273 e. The molecule has 0 saturated carbocycles. The molecule has 5 nitrogen and oxygen atoms in total. The topological polar surface area (TPSA) is 71.3 Å². The summed E-state index contributed by atoms with van der Waals surface area (Å²) in [6.07, 6.45) is 5.90. The van der Waals surface area contributed by atoms with Gasteiger partial charge in [0.25, 0.3) is 11.8 Å². The van der Waals surface area contributed by atoms with Gasteiger partial charge in [-0.2, -0.15) is 0 Å². The van der Waals surface area contributed by atoms with Crippen LogP contribution < -0.4 is 10.9 Å². The summed E-state index contributed by atoms with van der Waals surface area (Å²) in [4.78, 5) is 24.0. The van der Waals surface area contributed by atoms with Gasteiger partial charge in [0.2, 0.25) is 0 Å². The first-order chi connectivity index (χ1) is 10.6. The van der Waals surface area contributed by atoms with Crippen LogP contribution in [0.2, 0.25) is 0 Å². The Balaban J connectivity index is 1.65. The molecule has 0 saturated heterocycles. The van der Waals surface area contributed by atoms with Crippen LogP contribution in [0.25, 0.3) is 0 Å². The predicted octanol–water partition coefficient (Wildman–Crippen LogP) is 2.54. The highest BCUT2D eigenvalue weighted by molar-refractivity contribution is 5.99. The van der Waals surface area contributed by atoms with Crippen LogP contribution in [-0.2, 0) is 12.8 Å². The van der Waals surface area contributed by atoms with Crippen molar-refractivity contribution in [2.75, 3.05) is 0 Å². The molecule has 3 rings (SSSR count). The Bertz CT molecular complexity index is 718. The van der Waals surface area contributed by atoms with Crippen molar-refractivity contribution < 1.29 is 14.0 Å². The molecule has 1 aliphatic carbocycles. The van der Waals surface area contributed by atoms with Gasteiger partial charge in [0.15, 0.2) is 0 Å². The fraction of sp³-hybridized carbons (Fsp3) is 0.294. The zero-order valence-electron chi connectivity index (χ0n) is 12.4. The molecule has 2 aromatic rings. The molecule has 0 radical (unpaired) electrons. The van der Waals surface area contributed by atoms with Crippen molar-refractivity contribution >= 4 is 11.8 Å². The van der Waals surface area contributed by atoms with Crippen molar-refractivity contribution in [2.45, 2.75) is 32.6 Å². The van der Waals surface area contributed by atoms with E-state index in [9.17, 15) is 9.59 Å². The van der Waals surface area contributed by atoms with Crippen molar-refractivity contribution in [2.24, 2.45) is 0 Å². The van der Waals surface area contributed by atoms with Crippen LogP contribution in [0, 0.1) is 6.92 Å². The van der Waals surface area contributed by atoms with E-state index in [0.717, 1.165) is 19.3 Å². The number of carbonyl (C=O) groups is 2. The highest BCUT2D eigenvalue weighted by Gasteiger charge is 2.15. The number of aryl methyl sites for hydroxylation is 3. The molecule has 0 atom stereocenters. The second-order valence-electron chi connectivity index (χ2n) is 5.49. The molecule has 0 bridgehead atoms. The molecule has 22 heavy (non-hydrogen) atoms. The lowest BCUT2D eigenvalue weighted by atomic mass is 9.90.